The topological polar surface area (TPSA) is 70.5 Å². The molecule has 2 aromatic rings. The number of aryl methyl sites for hydroxylation is 1. The van der Waals surface area contributed by atoms with Crippen molar-refractivity contribution in [2.24, 2.45) is 0 Å². The Bertz CT molecular complexity index is 785. The minimum atomic E-state index is -0.432. The van der Waals surface area contributed by atoms with Crippen LogP contribution in [0.25, 0.3) is 10.9 Å². The third-order valence-electron chi connectivity index (χ3n) is 5.10. The maximum absolute atomic E-state index is 12.8. The Kier molecular flexibility index (Phi) is 5.56. The van der Waals surface area contributed by atoms with E-state index in [0.29, 0.717) is 32.1 Å². The summed E-state index contributed by atoms with van der Waals surface area (Å²) in [5.41, 5.74) is 1.02. The summed E-state index contributed by atoms with van der Waals surface area (Å²) < 4.78 is 1.85. The maximum atomic E-state index is 12.8. The second-order valence-electron chi connectivity index (χ2n) is 6.98. The van der Waals surface area contributed by atoms with Gasteiger partial charge in [0.2, 0.25) is 11.8 Å². The first-order valence-electron chi connectivity index (χ1n) is 9.17. The number of para-hydroxylation sites is 1. The van der Waals surface area contributed by atoms with Gasteiger partial charge in [-0.15, -0.1) is 0 Å². The Morgan fingerprint density at radius 1 is 1.27 bits per heavy atom. The number of nitrogens with zero attached hydrogens (tertiary/aromatic N) is 4. The average Bonchev–Trinajstić information content (AvgIpc) is 3.08. The lowest BCUT2D eigenvalue weighted by Crippen LogP contribution is -2.61. The number of fused-ring (bicyclic) bond motifs is 1. The molecule has 1 fully saturated rings. The fourth-order valence-electron chi connectivity index (χ4n) is 3.51. The largest absolute Gasteiger partial charge is 0.357 e. The van der Waals surface area contributed by atoms with Gasteiger partial charge in [-0.25, -0.2) is 0 Å². The molecule has 1 atom stereocenters. The van der Waals surface area contributed by atoms with Crippen molar-refractivity contribution >= 4 is 22.7 Å². The zero-order valence-corrected chi connectivity index (χ0v) is 15.7. The summed E-state index contributed by atoms with van der Waals surface area (Å²) in [4.78, 5) is 29.1. The number of aromatic nitrogens is 2. The molecule has 0 aliphatic carbocycles. The predicted octanol–water partition coefficient (Wildman–Crippen LogP) is 1.09. The van der Waals surface area contributed by atoms with Crippen LogP contribution < -0.4 is 5.32 Å². The zero-order valence-electron chi connectivity index (χ0n) is 15.7. The summed E-state index contributed by atoms with van der Waals surface area (Å²) in [6, 6.07) is 7.87. The van der Waals surface area contributed by atoms with E-state index in [1.54, 1.807) is 11.9 Å². The molecule has 1 aromatic carbocycles. The molecule has 0 radical (unpaired) electrons. The molecule has 3 rings (SSSR count). The quantitative estimate of drug-likeness (QED) is 0.870. The number of hydrogen-bond acceptors (Lipinski definition) is 4. The van der Waals surface area contributed by atoms with E-state index in [9.17, 15) is 9.59 Å². The molecular weight excluding hydrogens is 330 g/mol. The summed E-state index contributed by atoms with van der Waals surface area (Å²) in [7, 11) is 1.62. The first kappa shape index (κ1) is 18.4. The normalized spacial score (nSPS) is 18.5. The molecule has 1 N–H and O–H groups in total. The summed E-state index contributed by atoms with van der Waals surface area (Å²) >= 11 is 0. The fourth-order valence-corrected chi connectivity index (χ4v) is 3.51. The molecular formula is C19H27N5O2. The number of benzene rings is 1. The van der Waals surface area contributed by atoms with Gasteiger partial charge in [0.15, 0.2) is 0 Å². The Labute approximate surface area is 153 Å². The Balaban J connectivity index is 1.68. The summed E-state index contributed by atoms with van der Waals surface area (Å²) in [6.45, 7) is 6.68. The molecule has 1 aromatic heterocycles. The molecule has 0 saturated carbocycles. The van der Waals surface area contributed by atoms with Gasteiger partial charge in [-0.3, -0.25) is 19.2 Å². The van der Waals surface area contributed by atoms with E-state index >= 15 is 0 Å². The van der Waals surface area contributed by atoms with Crippen LogP contribution in [0.1, 0.15) is 20.3 Å². The van der Waals surface area contributed by atoms with Gasteiger partial charge in [-0.2, -0.15) is 5.10 Å². The van der Waals surface area contributed by atoms with Crippen molar-refractivity contribution in [3.63, 3.8) is 0 Å². The van der Waals surface area contributed by atoms with Crippen molar-refractivity contribution in [2.75, 3.05) is 26.7 Å². The molecule has 0 bridgehead atoms. The number of carbonyl (C=O) groups is 2. The zero-order chi connectivity index (χ0) is 18.7. The monoisotopic (exact) mass is 357 g/mol. The van der Waals surface area contributed by atoms with Crippen molar-refractivity contribution in [3.8, 4) is 0 Å². The van der Waals surface area contributed by atoms with Crippen LogP contribution in [0.2, 0.25) is 0 Å². The van der Waals surface area contributed by atoms with Gasteiger partial charge in [-0.1, -0.05) is 18.2 Å². The van der Waals surface area contributed by atoms with Crippen LogP contribution in [0.3, 0.4) is 0 Å². The first-order chi connectivity index (χ1) is 12.5. The molecule has 1 aliphatic heterocycles. The minimum Gasteiger partial charge on any atom is -0.357 e. The van der Waals surface area contributed by atoms with Crippen LogP contribution in [0.5, 0.6) is 0 Å². The van der Waals surface area contributed by atoms with Crippen molar-refractivity contribution in [3.05, 3.63) is 30.5 Å². The highest BCUT2D eigenvalue weighted by atomic mass is 16.2. The number of nitrogens with one attached hydrogen (secondary N) is 1. The second-order valence-corrected chi connectivity index (χ2v) is 6.98. The van der Waals surface area contributed by atoms with Gasteiger partial charge in [0, 0.05) is 44.5 Å². The van der Waals surface area contributed by atoms with Gasteiger partial charge in [0.05, 0.1) is 18.3 Å². The highest BCUT2D eigenvalue weighted by Gasteiger charge is 2.35. The molecule has 7 nitrogen and oxygen atoms in total. The number of likely N-dealkylation sites (N-methyl/N-ethyl adjacent to an activating group) is 1. The van der Waals surface area contributed by atoms with Crippen LogP contribution in [0, 0.1) is 0 Å². The molecule has 26 heavy (non-hydrogen) atoms. The lowest BCUT2D eigenvalue weighted by atomic mass is 10.1. The van der Waals surface area contributed by atoms with Crippen LogP contribution in [0.15, 0.2) is 30.5 Å². The van der Waals surface area contributed by atoms with E-state index in [-0.39, 0.29) is 11.8 Å². The number of hydrogen-bond donors (Lipinski definition) is 1. The highest BCUT2D eigenvalue weighted by molar-refractivity contribution is 5.88. The minimum absolute atomic E-state index is 0.00147. The van der Waals surface area contributed by atoms with E-state index in [0.717, 1.165) is 17.4 Å². The Morgan fingerprint density at radius 3 is 2.77 bits per heavy atom. The van der Waals surface area contributed by atoms with E-state index in [1.165, 1.54) is 0 Å². The third kappa shape index (κ3) is 3.72. The SMILES string of the molecule is CNC(=O)C1CN(C(C)C)CCN1C(=O)CCn1ncc2ccccc21. The van der Waals surface area contributed by atoms with Crippen LogP contribution >= 0.6 is 0 Å². The molecule has 0 spiro atoms. The molecule has 1 saturated heterocycles. The predicted molar refractivity (Wildman–Crippen MR) is 101 cm³/mol. The van der Waals surface area contributed by atoms with Crippen molar-refractivity contribution < 1.29 is 9.59 Å². The standard InChI is InChI=1S/C19H27N5O2/c1-14(2)22-10-11-23(17(13-22)19(26)20-3)18(25)8-9-24-16-7-5-4-6-15(16)12-21-24/h4-7,12,14,17H,8-11,13H2,1-3H3,(H,20,26). The number of rotatable bonds is 5. The second kappa shape index (κ2) is 7.86. The van der Waals surface area contributed by atoms with Gasteiger partial charge >= 0.3 is 0 Å². The third-order valence-corrected chi connectivity index (χ3v) is 5.10. The fraction of sp³-hybridized carbons (Fsp3) is 0.526. The molecule has 2 heterocycles. The van der Waals surface area contributed by atoms with Gasteiger partial charge < -0.3 is 10.2 Å². The van der Waals surface area contributed by atoms with Gasteiger partial charge in [-0.05, 0) is 19.9 Å². The van der Waals surface area contributed by atoms with Crippen LogP contribution in [0.4, 0.5) is 0 Å². The number of amides is 2. The average molecular weight is 357 g/mol. The summed E-state index contributed by atoms with van der Waals surface area (Å²) in [6.07, 6.45) is 2.15. The number of piperazine rings is 1. The molecule has 1 unspecified atom stereocenters. The Morgan fingerprint density at radius 2 is 2.04 bits per heavy atom. The van der Waals surface area contributed by atoms with Gasteiger partial charge in [0.1, 0.15) is 6.04 Å². The van der Waals surface area contributed by atoms with E-state index in [1.807, 2.05) is 35.1 Å². The van der Waals surface area contributed by atoms with E-state index < -0.39 is 6.04 Å². The summed E-state index contributed by atoms with van der Waals surface area (Å²) in [5.74, 6) is -0.102. The molecule has 1 aliphatic rings. The smallest absolute Gasteiger partial charge is 0.243 e. The van der Waals surface area contributed by atoms with Crippen LogP contribution in [-0.2, 0) is 16.1 Å². The van der Waals surface area contributed by atoms with Crippen LogP contribution in [-0.4, -0.2) is 70.2 Å². The van der Waals surface area contributed by atoms with Gasteiger partial charge in [0.25, 0.3) is 0 Å². The Hall–Kier alpha value is -2.41. The number of carbonyl (C=O) groups excluding carboxylic acids is 2. The van der Waals surface area contributed by atoms with E-state index in [4.69, 9.17) is 0 Å². The molecule has 140 valence electrons. The lowest BCUT2D eigenvalue weighted by Gasteiger charge is -2.42. The highest BCUT2D eigenvalue weighted by Crippen LogP contribution is 2.16. The van der Waals surface area contributed by atoms with Crippen molar-refractivity contribution in [1.82, 2.24) is 24.9 Å². The van der Waals surface area contributed by atoms with Crippen molar-refractivity contribution in [2.45, 2.75) is 38.9 Å². The lowest BCUT2D eigenvalue weighted by molar-refractivity contribution is -0.144. The summed E-state index contributed by atoms with van der Waals surface area (Å²) in [5, 5.41) is 8.14. The maximum Gasteiger partial charge on any atom is 0.243 e. The van der Waals surface area contributed by atoms with Crippen molar-refractivity contribution in [1.29, 1.82) is 0 Å². The molecule has 7 heteroatoms. The van der Waals surface area contributed by atoms with E-state index in [2.05, 4.69) is 29.2 Å². The molecule has 2 amide bonds. The first-order valence-corrected chi connectivity index (χ1v) is 9.17.